The standard InChI is InChI=1S/C6H6O.C3H4N2.Li/c7-6-4-2-1-3-5-6;1-2-5-3-4-1;/h1-5,7H;1-3H,(H,4,5);/q;;+1/p-1. The molecule has 1 aromatic heterocycles. The van der Waals surface area contributed by atoms with Crippen LogP contribution in [0.4, 0.5) is 0 Å². The van der Waals surface area contributed by atoms with E-state index in [0.29, 0.717) is 0 Å². The first-order valence-corrected chi connectivity index (χ1v) is 3.54. The van der Waals surface area contributed by atoms with Gasteiger partial charge in [-0.3, -0.25) is 0 Å². The molecule has 0 bridgehead atoms. The zero-order valence-electron chi connectivity index (χ0n) is 7.47. The van der Waals surface area contributed by atoms with Gasteiger partial charge in [-0.15, -0.1) is 5.75 Å². The van der Waals surface area contributed by atoms with Crippen molar-refractivity contribution in [2.45, 2.75) is 0 Å². The molecule has 0 aliphatic heterocycles. The van der Waals surface area contributed by atoms with Crippen molar-refractivity contribution in [3.8, 4) is 5.75 Å². The van der Waals surface area contributed by atoms with E-state index in [0.717, 1.165) is 0 Å². The molecule has 0 aliphatic rings. The SMILES string of the molecule is [Li+].[O-]c1ccccc1.c1c[nH]cn1. The van der Waals surface area contributed by atoms with Gasteiger partial charge >= 0.3 is 18.9 Å². The van der Waals surface area contributed by atoms with E-state index < -0.39 is 0 Å². The van der Waals surface area contributed by atoms with Crippen molar-refractivity contribution in [3.05, 3.63) is 49.1 Å². The van der Waals surface area contributed by atoms with E-state index in [4.69, 9.17) is 0 Å². The Bertz CT molecular complexity index is 266. The minimum Gasteiger partial charge on any atom is -0.872 e. The number of imidazole rings is 1. The van der Waals surface area contributed by atoms with Crippen LogP contribution in [0.15, 0.2) is 49.1 Å². The normalized spacial score (nSPS) is 7.69. The van der Waals surface area contributed by atoms with Gasteiger partial charge < -0.3 is 10.1 Å². The quantitative estimate of drug-likeness (QED) is 0.470. The number of rotatable bonds is 0. The number of para-hydroxylation sites is 1. The first kappa shape index (κ1) is 11.8. The maximum atomic E-state index is 10.3. The molecule has 4 heteroatoms. The summed E-state index contributed by atoms with van der Waals surface area (Å²) in [7, 11) is 0. The fourth-order valence-electron chi connectivity index (χ4n) is 0.636. The third kappa shape index (κ3) is 6.03. The number of H-pyrrole nitrogens is 1. The Kier molecular flexibility index (Phi) is 6.80. The molecule has 0 spiro atoms. The second-order valence-corrected chi connectivity index (χ2v) is 2.07. The Hall–Kier alpha value is -1.17. The second-order valence-electron chi connectivity index (χ2n) is 2.07. The van der Waals surface area contributed by atoms with E-state index in [1.165, 1.54) is 12.1 Å². The van der Waals surface area contributed by atoms with Crippen LogP contribution in [0.2, 0.25) is 0 Å². The van der Waals surface area contributed by atoms with E-state index in [-0.39, 0.29) is 24.6 Å². The fraction of sp³-hybridized carbons (Fsp3) is 0. The minimum atomic E-state index is 0. The first-order valence-electron chi connectivity index (χ1n) is 3.54. The van der Waals surface area contributed by atoms with Crippen LogP contribution in [-0.2, 0) is 0 Å². The van der Waals surface area contributed by atoms with Crippen molar-refractivity contribution in [3.63, 3.8) is 0 Å². The van der Waals surface area contributed by atoms with Crippen LogP contribution in [0.1, 0.15) is 0 Å². The molecule has 3 nitrogen and oxygen atoms in total. The van der Waals surface area contributed by atoms with Crippen molar-refractivity contribution in [2.24, 2.45) is 0 Å². The zero-order chi connectivity index (χ0) is 8.65. The molecule has 0 unspecified atom stereocenters. The van der Waals surface area contributed by atoms with E-state index in [1.807, 2.05) is 6.07 Å². The third-order valence-corrected chi connectivity index (χ3v) is 1.15. The molecule has 62 valence electrons. The van der Waals surface area contributed by atoms with Gasteiger partial charge in [-0.1, -0.05) is 30.3 Å². The number of hydrogen-bond acceptors (Lipinski definition) is 2. The van der Waals surface area contributed by atoms with E-state index in [9.17, 15) is 5.11 Å². The summed E-state index contributed by atoms with van der Waals surface area (Å²) in [4.78, 5) is 6.42. The Balaban J connectivity index is 0.000000215. The Labute approximate surface area is 89.0 Å². The van der Waals surface area contributed by atoms with Gasteiger partial charge in [-0.05, 0) is 0 Å². The van der Waals surface area contributed by atoms with Crippen LogP contribution >= 0.6 is 0 Å². The van der Waals surface area contributed by atoms with E-state index in [2.05, 4.69) is 9.97 Å². The maximum Gasteiger partial charge on any atom is 1.00 e. The van der Waals surface area contributed by atoms with Gasteiger partial charge in [0, 0.05) is 12.4 Å². The molecule has 0 atom stereocenters. The monoisotopic (exact) mass is 168 g/mol. The number of nitrogens with one attached hydrogen (secondary N) is 1. The maximum absolute atomic E-state index is 10.3. The number of aromatic nitrogens is 2. The molecular formula is C9H9LiN2O. The molecule has 0 aliphatic carbocycles. The summed E-state index contributed by atoms with van der Waals surface area (Å²) in [5.41, 5.74) is 0. The number of benzene rings is 1. The summed E-state index contributed by atoms with van der Waals surface area (Å²) in [6, 6.07) is 8.33. The van der Waals surface area contributed by atoms with Crippen LogP contribution in [0, 0.1) is 0 Å². The largest absolute Gasteiger partial charge is 1.00 e. The second kappa shape index (κ2) is 7.48. The van der Waals surface area contributed by atoms with Gasteiger partial charge in [0.15, 0.2) is 0 Å². The van der Waals surface area contributed by atoms with Gasteiger partial charge in [0.25, 0.3) is 0 Å². The van der Waals surface area contributed by atoms with Crippen LogP contribution in [0.5, 0.6) is 5.75 Å². The molecule has 2 rings (SSSR count). The summed E-state index contributed by atoms with van der Waals surface area (Å²) in [5, 5.41) is 10.3. The molecule has 0 saturated heterocycles. The topological polar surface area (TPSA) is 51.7 Å². The average molecular weight is 168 g/mol. The smallest absolute Gasteiger partial charge is 0.872 e. The number of nitrogens with zero attached hydrogens (tertiary/aromatic N) is 1. The van der Waals surface area contributed by atoms with Crippen molar-refractivity contribution in [2.75, 3.05) is 0 Å². The third-order valence-electron chi connectivity index (χ3n) is 1.15. The molecule has 0 amide bonds. The van der Waals surface area contributed by atoms with Crippen molar-refractivity contribution in [1.82, 2.24) is 9.97 Å². The van der Waals surface area contributed by atoms with Crippen molar-refractivity contribution < 1.29 is 24.0 Å². The Morgan fingerprint density at radius 3 is 2.08 bits per heavy atom. The summed E-state index contributed by atoms with van der Waals surface area (Å²) in [6.07, 6.45) is 5.08. The zero-order valence-corrected chi connectivity index (χ0v) is 7.47. The minimum absolute atomic E-state index is 0. The molecule has 0 fully saturated rings. The molecule has 1 heterocycles. The van der Waals surface area contributed by atoms with E-state index >= 15 is 0 Å². The van der Waals surface area contributed by atoms with Gasteiger partial charge in [0.2, 0.25) is 0 Å². The fourth-order valence-corrected chi connectivity index (χ4v) is 0.636. The molecule has 2 aromatic rings. The average Bonchev–Trinajstić information content (AvgIpc) is 2.62. The predicted molar refractivity (Wildman–Crippen MR) is 44.5 cm³/mol. The van der Waals surface area contributed by atoms with Crippen LogP contribution in [-0.4, -0.2) is 9.97 Å². The molecular weight excluding hydrogens is 159 g/mol. The van der Waals surface area contributed by atoms with Crippen LogP contribution in [0.3, 0.4) is 0 Å². The van der Waals surface area contributed by atoms with Gasteiger partial charge in [-0.25, -0.2) is 4.98 Å². The number of hydrogen-bond donors (Lipinski definition) is 1. The molecule has 13 heavy (non-hydrogen) atoms. The first-order chi connectivity index (χ1) is 5.89. The van der Waals surface area contributed by atoms with Gasteiger partial charge in [-0.2, -0.15) is 0 Å². The summed E-state index contributed by atoms with van der Waals surface area (Å²) in [6.45, 7) is 0. The Morgan fingerprint density at radius 2 is 1.85 bits per heavy atom. The van der Waals surface area contributed by atoms with Crippen LogP contribution < -0.4 is 24.0 Å². The molecule has 1 aromatic carbocycles. The summed E-state index contributed by atoms with van der Waals surface area (Å²) < 4.78 is 0. The molecule has 0 radical (unpaired) electrons. The molecule has 1 N–H and O–H groups in total. The predicted octanol–water partition coefficient (Wildman–Crippen LogP) is -1.83. The van der Waals surface area contributed by atoms with Gasteiger partial charge in [0.05, 0.1) is 6.33 Å². The van der Waals surface area contributed by atoms with Crippen molar-refractivity contribution >= 4 is 0 Å². The summed E-state index contributed by atoms with van der Waals surface area (Å²) >= 11 is 0. The van der Waals surface area contributed by atoms with Crippen molar-refractivity contribution in [1.29, 1.82) is 0 Å². The van der Waals surface area contributed by atoms with E-state index in [1.54, 1.807) is 30.9 Å². The van der Waals surface area contributed by atoms with Crippen LogP contribution in [0.25, 0.3) is 0 Å². The van der Waals surface area contributed by atoms with Gasteiger partial charge in [0.1, 0.15) is 0 Å². The number of aromatic amines is 1. The molecule has 0 saturated carbocycles. The summed E-state index contributed by atoms with van der Waals surface area (Å²) in [5.74, 6) is 0.0718. The Morgan fingerprint density at radius 1 is 1.15 bits per heavy atom.